The minimum absolute atomic E-state index is 0.0984. The largest absolute Gasteiger partial charge is 0.385 e. The van der Waals surface area contributed by atoms with Crippen LogP contribution < -0.4 is 5.73 Å². The number of primary amides is 1. The molecule has 0 radical (unpaired) electrons. The molecule has 2 atom stereocenters. The summed E-state index contributed by atoms with van der Waals surface area (Å²) in [6.07, 6.45) is 1.51. The first-order chi connectivity index (χ1) is 11.1. The number of nitrogens with zero attached hydrogens (tertiary/aromatic N) is 1. The van der Waals surface area contributed by atoms with Crippen molar-refractivity contribution >= 4 is 11.8 Å². The molecule has 2 N–H and O–H groups in total. The Morgan fingerprint density at radius 2 is 2.04 bits per heavy atom. The average Bonchev–Trinajstić information content (AvgIpc) is 3.04. The zero-order valence-corrected chi connectivity index (χ0v) is 13.4. The fourth-order valence-electron chi connectivity index (χ4n) is 2.94. The van der Waals surface area contributed by atoms with Crippen LogP contribution in [-0.2, 0) is 19.1 Å². The van der Waals surface area contributed by atoms with E-state index in [2.05, 4.69) is 0 Å². The molecule has 6 heteroatoms. The van der Waals surface area contributed by atoms with Crippen LogP contribution in [0.3, 0.4) is 0 Å². The molecule has 1 aliphatic heterocycles. The minimum atomic E-state index is -0.900. The fourth-order valence-corrected chi connectivity index (χ4v) is 2.94. The number of rotatable bonds is 7. The first kappa shape index (κ1) is 17.4. The molecule has 1 aromatic rings. The van der Waals surface area contributed by atoms with Crippen molar-refractivity contribution < 1.29 is 19.1 Å². The zero-order chi connectivity index (χ0) is 16.7. The fraction of sp³-hybridized carbons (Fsp3) is 0.529. The standard InChI is InChI=1S/C17H24N2O4/c1-22-10-5-11-23-15(13-6-3-2-4-7-13)14-8-9-19(12-14)17(21)16(18)20/h2-4,6-7,14-15H,5,8-12H2,1H3,(H2,18,20)/t14-,15?/m1/s1. The number of hydrogen-bond acceptors (Lipinski definition) is 4. The van der Waals surface area contributed by atoms with Gasteiger partial charge in [0.15, 0.2) is 0 Å². The Morgan fingerprint density at radius 3 is 2.70 bits per heavy atom. The predicted octanol–water partition coefficient (Wildman–Crippen LogP) is 1.11. The molecule has 0 aromatic heterocycles. The highest BCUT2D eigenvalue weighted by molar-refractivity contribution is 6.34. The van der Waals surface area contributed by atoms with E-state index < -0.39 is 11.8 Å². The summed E-state index contributed by atoms with van der Waals surface area (Å²) in [6.45, 7) is 2.27. The van der Waals surface area contributed by atoms with Gasteiger partial charge in [0.1, 0.15) is 0 Å². The van der Waals surface area contributed by atoms with E-state index in [9.17, 15) is 9.59 Å². The third-order valence-corrected chi connectivity index (χ3v) is 4.07. The van der Waals surface area contributed by atoms with E-state index in [1.165, 1.54) is 4.90 Å². The van der Waals surface area contributed by atoms with Crippen LogP contribution in [0.5, 0.6) is 0 Å². The second-order valence-electron chi connectivity index (χ2n) is 5.71. The van der Waals surface area contributed by atoms with Gasteiger partial charge in [-0.25, -0.2) is 0 Å². The topological polar surface area (TPSA) is 81.9 Å². The normalized spacial score (nSPS) is 18.8. The van der Waals surface area contributed by atoms with Crippen molar-refractivity contribution in [2.45, 2.75) is 18.9 Å². The molecule has 0 saturated carbocycles. The molecule has 6 nitrogen and oxygen atoms in total. The number of carbonyl (C=O) groups excluding carboxylic acids is 2. The molecule has 1 unspecified atom stereocenters. The Labute approximate surface area is 136 Å². The van der Waals surface area contributed by atoms with Gasteiger partial charge in [-0.3, -0.25) is 9.59 Å². The van der Waals surface area contributed by atoms with Gasteiger partial charge in [-0.05, 0) is 18.4 Å². The summed E-state index contributed by atoms with van der Waals surface area (Å²) in [7, 11) is 1.67. The summed E-state index contributed by atoms with van der Waals surface area (Å²) in [4.78, 5) is 24.3. The van der Waals surface area contributed by atoms with Gasteiger partial charge in [0.25, 0.3) is 0 Å². The van der Waals surface area contributed by atoms with Crippen LogP contribution in [0.2, 0.25) is 0 Å². The number of nitrogens with two attached hydrogens (primary N) is 1. The van der Waals surface area contributed by atoms with Crippen LogP contribution >= 0.6 is 0 Å². The monoisotopic (exact) mass is 320 g/mol. The average molecular weight is 320 g/mol. The van der Waals surface area contributed by atoms with Crippen molar-refractivity contribution in [3.05, 3.63) is 35.9 Å². The van der Waals surface area contributed by atoms with Gasteiger partial charge in [-0.1, -0.05) is 30.3 Å². The first-order valence-electron chi connectivity index (χ1n) is 7.87. The van der Waals surface area contributed by atoms with E-state index >= 15 is 0 Å². The van der Waals surface area contributed by atoms with Gasteiger partial charge in [0.05, 0.1) is 6.10 Å². The summed E-state index contributed by atoms with van der Waals surface area (Å²) in [5, 5.41) is 0. The number of amides is 2. The molecular formula is C17H24N2O4. The number of likely N-dealkylation sites (tertiary alicyclic amines) is 1. The van der Waals surface area contributed by atoms with Gasteiger partial charge in [-0.15, -0.1) is 0 Å². The molecule has 126 valence electrons. The van der Waals surface area contributed by atoms with Crippen molar-refractivity contribution in [3.8, 4) is 0 Å². The number of ether oxygens (including phenoxy) is 2. The second-order valence-corrected chi connectivity index (χ2v) is 5.71. The van der Waals surface area contributed by atoms with Crippen LogP contribution in [0.15, 0.2) is 30.3 Å². The number of carbonyl (C=O) groups is 2. The lowest BCUT2D eigenvalue weighted by Gasteiger charge is -2.25. The molecule has 1 aliphatic rings. The lowest BCUT2D eigenvalue weighted by atomic mass is 9.95. The van der Waals surface area contributed by atoms with Crippen molar-refractivity contribution in [1.29, 1.82) is 0 Å². The van der Waals surface area contributed by atoms with Crippen molar-refractivity contribution in [2.75, 3.05) is 33.4 Å². The van der Waals surface area contributed by atoms with E-state index in [-0.39, 0.29) is 12.0 Å². The summed E-state index contributed by atoms with van der Waals surface area (Å²) in [6, 6.07) is 9.96. The van der Waals surface area contributed by atoms with Crippen LogP contribution in [0, 0.1) is 5.92 Å². The summed E-state index contributed by atoms with van der Waals surface area (Å²) < 4.78 is 11.1. The predicted molar refractivity (Wildman–Crippen MR) is 85.5 cm³/mol. The highest BCUT2D eigenvalue weighted by Crippen LogP contribution is 2.33. The Bertz CT molecular complexity index is 521. The molecule has 1 aromatic carbocycles. The van der Waals surface area contributed by atoms with E-state index in [1.54, 1.807) is 7.11 Å². The Morgan fingerprint density at radius 1 is 1.30 bits per heavy atom. The number of methoxy groups -OCH3 is 1. The number of benzene rings is 1. The molecule has 2 amide bonds. The van der Waals surface area contributed by atoms with Gasteiger partial charge >= 0.3 is 11.8 Å². The highest BCUT2D eigenvalue weighted by atomic mass is 16.5. The van der Waals surface area contributed by atoms with E-state index in [0.29, 0.717) is 26.3 Å². The molecule has 1 fully saturated rings. The van der Waals surface area contributed by atoms with Crippen LogP contribution in [0.25, 0.3) is 0 Å². The highest BCUT2D eigenvalue weighted by Gasteiger charge is 2.34. The maximum atomic E-state index is 11.7. The summed E-state index contributed by atoms with van der Waals surface area (Å²) in [5.74, 6) is -1.36. The molecule has 23 heavy (non-hydrogen) atoms. The minimum Gasteiger partial charge on any atom is -0.385 e. The van der Waals surface area contributed by atoms with Gasteiger partial charge in [-0.2, -0.15) is 0 Å². The van der Waals surface area contributed by atoms with Crippen molar-refractivity contribution in [2.24, 2.45) is 11.7 Å². The molecule has 0 bridgehead atoms. The zero-order valence-electron chi connectivity index (χ0n) is 13.4. The molecule has 0 aliphatic carbocycles. The van der Waals surface area contributed by atoms with Gasteiger partial charge in [0.2, 0.25) is 0 Å². The number of hydrogen-bond donors (Lipinski definition) is 1. The second kappa shape index (κ2) is 8.64. The van der Waals surface area contributed by atoms with Gasteiger partial charge < -0.3 is 20.1 Å². The summed E-state index contributed by atoms with van der Waals surface area (Å²) >= 11 is 0. The van der Waals surface area contributed by atoms with Crippen LogP contribution in [-0.4, -0.2) is 50.1 Å². The third kappa shape index (κ3) is 4.77. The van der Waals surface area contributed by atoms with Crippen molar-refractivity contribution in [3.63, 3.8) is 0 Å². The Kier molecular flexibility index (Phi) is 6.55. The molecule has 1 saturated heterocycles. The SMILES string of the molecule is COCCCOC(c1ccccc1)[C@@H]1CCN(C(=O)C(N)=O)C1. The maximum Gasteiger partial charge on any atom is 0.311 e. The summed E-state index contributed by atoms with van der Waals surface area (Å²) in [5.41, 5.74) is 6.17. The molecule has 1 heterocycles. The van der Waals surface area contributed by atoms with Crippen molar-refractivity contribution in [1.82, 2.24) is 4.90 Å². The lowest BCUT2D eigenvalue weighted by molar-refractivity contribution is -0.143. The van der Waals surface area contributed by atoms with Crippen LogP contribution in [0.1, 0.15) is 24.5 Å². The van der Waals surface area contributed by atoms with E-state index in [1.807, 2.05) is 30.3 Å². The van der Waals surface area contributed by atoms with Crippen LogP contribution in [0.4, 0.5) is 0 Å². The smallest absolute Gasteiger partial charge is 0.311 e. The van der Waals surface area contributed by atoms with E-state index in [4.69, 9.17) is 15.2 Å². The lowest BCUT2D eigenvalue weighted by Crippen LogP contribution is -2.39. The Hall–Kier alpha value is -1.92. The first-order valence-corrected chi connectivity index (χ1v) is 7.87. The molecule has 0 spiro atoms. The quantitative estimate of drug-likeness (QED) is 0.603. The van der Waals surface area contributed by atoms with E-state index in [0.717, 1.165) is 18.4 Å². The maximum absolute atomic E-state index is 11.7. The molecular weight excluding hydrogens is 296 g/mol. The molecule has 2 rings (SSSR count). The Balaban J connectivity index is 2.02. The van der Waals surface area contributed by atoms with Gasteiger partial charge in [0, 0.05) is 39.3 Å². The third-order valence-electron chi connectivity index (χ3n) is 4.07.